The largest absolute Gasteiger partial charge is 0.496 e. The minimum atomic E-state index is -3.66. The van der Waals surface area contributed by atoms with Gasteiger partial charge in [0.2, 0.25) is 0 Å². The average molecular weight is 312 g/mol. The number of hydrogen-bond acceptors (Lipinski definition) is 4. The number of sulfone groups is 1. The van der Waals surface area contributed by atoms with Crippen LogP contribution < -0.4 is 4.74 Å². The van der Waals surface area contributed by atoms with E-state index in [0.717, 1.165) is 24.8 Å². The first-order valence-corrected chi connectivity index (χ1v) is 8.73. The number of methoxy groups -OCH3 is 1. The molecule has 2 atom stereocenters. The summed E-state index contributed by atoms with van der Waals surface area (Å²) in [7, 11) is -2.10. The lowest BCUT2D eigenvalue weighted by atomic mass is 9.83. The Morgan fingerprint density at radius 2 is 1.95 bits per heavy atom. The molecule has 0 aliphatic heterocycles. The molecule has 1 saturated carbocycles. The van der Waals surface area contributed by atoms with Crippen molar-refractivity contribution in [3.8, 4) is 5.75 Å². The van der Waals surface area contributed by atoms with Gasteiger partial charge >= 0.3 is 5.97 Å². The highest BCUT2D eigenvalue weighted by Gasteiger charge is 2.38. The summed E-state index contributed by atoms with van der Waals surface area (Å²) in [5.41, 5.74) is 0.860. The molecule has 1 aromatic carbocycles. The fraction of sp³-hybridized carbons (Fsp3) is 0.533. The van der Waals surface area contributed by atoms with E-state index in [9.17, 15) is 13.2 Å². The molecule has 0 unspecified atom stereocenters. The fourth-order valence-corrected chi connectivity index (χ4v) is 5.00. The molecule has 0 heterocycles. The normalized spacial score (nSPS) is 22.7. The van der Waals surface area contributed by atoms with Crippen LogP contribution in [0.5, 0.6) is 5.75 Å². The number of carboxylic acid groups (broad SMARTS) is 1. The first-order chi connectivity index (χ1) is 9.95. The predicted octanol–water partition coefficient (Wildman–Crippen LogP) is 2.22. The van der Waals surface area contributed by atoms with Crippen molar-refractivity contribution in [2.24, 2.45) is 0 Å². The zero-order valence-electron chi connectivity index (χ0n) is 12.0. The molecule has 21 heavy (non-hydrogen) atoms. The summed E-state index contributed by atoms with van der Waals surface area (Å²) >= 11 is 0. The van der Waals surface area contributed by atoms with E-state index in [1.54, 1.807) is 7.11 Å². The van der Waals surface area contributed by atoms with Crippen molar-refractivity contribution in [3.05, 3.63) is 29.8 Å². The quantitative estimate of drug-likeness (QED) is 0.901. The predicted molar refractivity (Wildman–Crippen MR) is 79.4 cm³/mol. The van der Waals surface area contributed by atoms with E-state index in [1.165, 1.54) is 0 Å². The molecule has 6 heteroatoms. The Hall–Kier alpha value is -1.56. The monoisotopic (exact) mass is 312 g/mol. The van der Waals surface area contributed by atoms with E-state index in [1.807, 2.05) is 24.3 Å². The number of aliphatic carboxylic acids is 1. The molecule has 0 bridgehead atoms. The Labute approximate surface area is 124 Å². The van der Waals surface area contributed by atoms with Gasteiger partial charge in [0.15, 0.2) is 9.84 Å². The maximum absolute atomic E-state index is 12.4. The smallest absolute Gasteiger partial charge is 0.318 e. The topological polar surface area (TPSA) is 80.7 Å². The van der Waals surface area contributed by atoms with Gasteiger partial charge in [-0.1, -0.05) is 31.0 Å². The Morgan fingerprint density at radius 1 is 1.29 bits per heavy atom. The van der Waals surface area contributed by atoms with Crippen molar-refractivity contribution < 1.29 is 23.1 Å². The third kappa shape index (κ3) is 3.56. The van der Waals surface area contributed by atoms with Gasteiger partial charge in [0.05, 0.1) is 12.4 Å². The molecule has 1 aromatic rings. The third-order valence-corrected chi connectivity index (χ3v) is 6.16. The molecule has 0 spiro atoms. The van der Waals surface area contributed by atoms with Crippen molar-refractivity contribution in [2.45, 2.75) is 36.9 Å². The molecule has 1 fully saturated rings. The number of ether oxygens (including phenoxy) is 1. The Kier molecular flexibility index (Phi) is 4.88. The van der Waals surface area contributed by atoms with Crippen LogP contribution in [0.3, 0.4) is 0 Å². The molecule has 1 aliphatic carbocycles. The molecule has 5 nitrogen and oxygen atoms in total. The summed E-state index contributed by atoms with van der Waals surface area (Å²) in [6.07, 6.45) is 3.01. The molecular formula is C15H20O5S. The van der Waals surface area contributed by atoms with Crippen molar-refractivity contribution in [2.75, 3.05) is 12.9 Å². The minimum Gasteiger partial charge on any atom is -0.496 e. The summed E-state index contributed by atoms with van der Waals surface area (Å²) in [6.45, 7) is 0. The Balaban J connectivity index is 2.38. The summed E-state index contributed by atoms with van der Waals surface area (Å²) in [5, 5.41) is 8.19. The molecule has 1 N–H and O–H groups in total. The SMILES string of the molecule is COc1ccccc1[C@H]1CCCC[C@H]1S(=O)(=O)CC(=O)O. The van der Waals surface area contributed by atoms with Gasteiger partial charge in [0, 0.05) is 5.92 Å². The number of rotatable bonds is 5. The Morgan fingerprint density at radius 3 is 2.62 bits per heavy atom. The molecule has 2 rings (SSSR count). The van der Waals surface area contributed by atoms with E-state index in [0.29, 0.717) is 12.2 Å². The van der Waals surface area contributed by atoms with Crippen molar-refractivity contribution >= 4 is 15.8 Å². The van der Waals surface area contributed by atoms with E-state index in [2.05, 4.69) is 0 Å². The van der Waals surface area contributed by atoms with Gasteiger partial charge in [0.25, 0.3) is 0 Å². The van der Waals surface area contributed by atoms with Gasteiger partial charge in [-0.2, -0.15) is 0 Å². The van der Waals surface area contributed by atoms with Gasteiger partial charge < -0.3 is 9.84 Å². The van der Waals surface area contributed by atoms with Gasteiger partial charge in [-0.3, -0.25) is 4.79 Å². The van der Waals surface area contributed by atoms with Gasteiger partial charge in [-0.05, 0) is 24.5 Å². The maximum Gasteiger partial charge on any atom is 0.318 e. The summed E-state index contributed by atoms with van der Waals surface area (Å²) in [5.74, 6) is -1.62. The molecule has 1 aliphatic rings. The van der Waals surface area contributed by atoms with Crippen LogP contribution in [0, 0.1) is 0 Å². The van der Waals surface area contributed by atoms with Crippen LogP contribution in [-0.4, -0.2) is 37.6 Å². The van der Waals surface area contributed by atoms with Gasteiger partial charge in [-0.15, -0.1) is 0 Å². The third-order valence-electron chi connectivity index (χ3n) is 4.03. The van der Waals surface area contributed by atoms with Gasteiger partial charge in [-0.25, -0.2) is 8.42 Å². The van der Waals surface area contributed by atoms with Crippen molar-refractivity contribution in [1.82, 2.24) is 0 Å². The highest BCUT2D eigenvalue weighted by atomic mass is 32.2. The van der Waals surface area contributed by atoms with Gasteiger partial charge in [0.1, 0.15) is 11.5 Å². The van der Waals surface area contributed by atoms with Crippen molar-refractivity contribution in [3.63, 3.8) is 0 Å². The second-order valence-corrected chi connectivity index (χ2v) is 7.59. The van der Waals surface area contributed by atoms with Crippen LogP contribution in [0.4, 0.5) is 0 Å². The second-order valence-electron chi connectivity index (χ2n) is 5.37. The van der Waals surface area contributed by atoms with E-state index in [-0.39, 0.29) is 5.92 Å². The molecular weight excluding hydrogens is 292 g/mol. The number of hydrogen-bond donors (Lipinski definition) is 1. The first kappa shape index (κ1) is 15.8. The highest BCUT2D eigenvalue weighted by molar-refractivity contribution is 7.92. The summed E-state index contributed by atoms with van der Waals surface area (Å²) in [4.78, 5) is 10.8. The lowest BCUT2D eigenvalue weighted by Gasteiger charge is -2.32. The van der Waals surface area contributed by atoms with Crippen molar-refractivity contribution in [1.29, 1.82) is 0 Å². The van der Waals surface area contributed by atoms with Crippen LogP contribution in [0.25, 0.3) is 0 Å². The van der Waals surface area contributed by atoms with Crippen LogP contribution >= 0.6 is 0 Å². The minimum absolute atomic E-state index is 0.195. The lowest BCUT2D eigenvalue weighted by Crippen LogP contribution is -2.35. The summed E-state index contributed by atoms with van der Waals surface area (Å²) in [6, 6.07) is 7.38. The highest BCUT2D eigenvalue weighted by Crippen LogP contribution is 2.40. The van der Waals surface area contributed by atoms with E-state index >= 15 is 0 Å². The lowest BCUT2D eigenvalue weighted by molar-refractivity contribution is -0.134. The molecule has 0 amide bonds. The number of para-hydroxylation sites is 1. The molecule has 0 saturated heterocycles. The maximum atomic E-state index is 12.4. The second kappa shape index (κ2) is 6.47. The van der Waals surface area contributed by atoms with Crippen LogP contribution in [0.1, 0.15) is 37.2 Å². The zero-order chi connectivity index (χ0) is 15.5. The number of carbonyl (C=O) groups is 1. The average Bonchev–Trinajstić information content (AvgIpc) is 2.46. The molecule has 0 aromatic heterocycles. The number of benzene rings is 1. The Bertz CT molecular complexity index is 608. The molecule has 0 radical (unpaired) electrons. The van der Waals surface area contributed by atoms with E-state index < -0.39 is 26.8 Å². The van der Waals surface area contributed by atoms with Crippen LogP contribution in [-0.2, 0) is 14.6 Å². The number of carboxylic acids is 1. The molecule has 116 valence electrons. The van der Waals surface area contributed by atoms with Crippen LogP contribution in [0.15, 0.2) is 24.3 Å². The first-order valence-electron chi connectivity index (χ1n) is 7.02. The van der Waals surface area contributed by atoms with E-state index in [4.69, 9.17) is 9.84 Å². The fourth-order valence-electron chi connectivity index (χ4n) is 3.13. The van der Waals surface area contributed by atoms with Crippen LogP contribution in [0.2, 0.25) is 0 Å². The zero-order valence-corrected chi connectivity index (χ0v) is 12.8. The summed E-state index contributed by atoms with van der Waals surface area (Å²) < 4.78 is 30.0. The standard InChI is InChI=1S/C15H20O5S/c1-20-13-8-4-2-6-11(13)12-7-3-5-9-14(12)21(18,19)10-15(16)17/h2,4,6,8,12,14H,3,5,7,9-10H2,1H3,(H,16,17)/t12-,14-/m1/s1.